The lowest BCUT2D eigenvalue weighted by Crippen LogP contribution is -1.97. The first-order chi connectivity index (χ1) is 10.1. The van der Waals surface area contributed by atoms with Gasteiger partial charge in [0, 0.05) is 17.5 Å². The van der Waals surface area contributed by atoms with Crippen LogP contribution in [0.3, 0.4) is 0 Å². The van der Waals surface area contributed by atoms with Gasteiger partial charge in [-0.15, -0.1) is 11.3 Å². The number of hydrogen-bond acceptors (Lipinski definition) is 4. The quantitative estimate of drug-likeness (QED) is 0.501. The Morgan fingerprint density at radius 3 is 2.67 bits per heavy atom. The third kappa shape index (κ3) is 2.02. The van der Waals surface area contributed by atoms with Crippen molar-refractivity contribution in [3.63, 3.8) is 0 Å². The average molecular weight is 337 g/mol. The number of phenols is 1. The maximum absolute atomic E-state index is 9.99. The molecule has 6 heteroatoms. The van der Waals surface area contributed by atoms with E-state index in [0.29, 0.717) is 22.3 Å². The van der Waals surface area contributed by atoms with E-state index in [1.165, 1.54) is 11.3 Å². The van der Waals surface area contributed by atoms with Crippen LogP contribution in [0.5, 0.6) is 5.75 Å². The number of thiophene rings is 1. The summed E-state index contributed by atoms with van der Waals surface area (Å²) in [5.41, 5.74) is 2.93. The maximum Gasteiger partial charge on any atom is 0.133 e. The number of halogens is 2. The first-order valence-corrected chi connectivity index (χ1v) is 7.94. The molecule has 3 N–H and O–H groups in total. The van der Waals surface area contributed by atoms with Crippen LogP contribution < -0.4 is 10.6 Å². The van der Waals surface area contributed by atoms with Gasteiger partial charge in [-0.25, -0.2) is 0 Å². The molecule has 4 rings (SSSR count). The third-order valence-corrected chi connectivity index (χ3v) is 5.47. The molecule has 0 spiro atoms. The molecule has 0 atom stereocenters. The van der Waals surface area contributed by atoms with Gasteiger partial charge in [-0.3, -0.25) is 0 Å². The Hall–Kier alpha value is -1.62. The topological polar surface area (TPSA) is 44.3 Å². The van der Waals surface area contributed by atoms with E-state index in [9.17, 15) is 5.11 Å². The highest BCUT2D eigenvalue weighted by molar-refractivity contribution is 7.23. The molecule has 2 aromatic carbocycles. The van der Waals surface area contributed by atoms with Gasteiger partial charge in [0.15, 0.2) is 0 Å². The lowest BCUT2D eigenvalue weighted by molar-refractivity contribution is 0.482. The van der Waals surface area contributed by atoms with E-state index < -0.39 is 0 Å². The summed E-state index contributed by atoms with van der Waals surface area (Å²) in [5, 5.41) is 19.8. The van der Waals surface area contributed by atoms with Crippen molar-refractivity contribution in [3.8, 4) is 5.75 Å². The van der Waals surface area contributed by atoms with Crippen molar-refractivity contribution >= 4 is 61.0 Å². The normalized spacial score (nSPS) is 13.0. The number of aromatic hydroxyl groups is 1. The summed E-state index contributed by atoms with van der Waals surface area (Å²) in [6, 6.07) is 9.21. The minimum atomic E-state index is 0.307. The zero-order valence-electron chi connectivity index (χ0n) is 10.7. The van der Waals surface area contributed by atoms with Crippen molar-refractivity contribution < 1.29 is 5.11 Å². The molecule has 1 aromatic heterocycles. The second-order valence-corrected chi connectivity index (χ2v) is 6.69. The van der Waals surface area contributed by atoms with E-state index in [1.807, 2.05) is 24.3 Å². The second kappa shape index (κ2) is 4.70. The molecule has 0 amide bonds. The zero-order chi connectivity index (χ0) is 14.6. The Bertz CT molecular complexity index is 876. The van der Waals surface area contributed by atoms with Crippen LogP contribution in [-0.2, 0) is 6.54 Å². The molecule has 2 heterocycles. The molecule has 0 bridgehead atoms. The largest absolute Gasteiger partial charge is 0.506 e. The van der Waals surface area contributed by atoms with Crippen LogP contribution in [-0.4, -0.2) is 5.11 Å². The molecule has 0 radical (unpaired) electrons. The average Bonchev–Trinajstić information content (AvgIpc) is 2.71. The number of phenolic OH excluding ortho intramolecular Hbond substituents is 1. The summed E-state index contributed by atoms with van der Waals surface area (Å²) in [7, 11) is 0. The fraction of sp³-hybridized carbons (Fsp3) is 0.0667. The molecule has 0 saturated heterocycles. The highest BCUT2D eigenvalue weighted by atomic mass is 35.5. The van der Waals surface area contributed by atoms with Gasteiger partial charge in [-0.1, -0.05) is 35.3 Å². The van der Waals surface area contributed by atoms with Gasteiger partial charge >= 0.3 is 0 Å². The number of nitrogens with one attached hydrogen (secondary N) is 2. The van der Waals surface area contributed by atoms with Crippen molar-refractivity contribution in [2.45, 2.75) is 6.54 Å². The van der Waals surface area contributed by atoms with Gasteiger partial charge in [0.25, 0.3) is 0 Å². The van der Waals surface area contributed by atoms with E-state index in [4.69, 9.17) is 23.2 Å². The Morgan fingerprint density at radius 2 is 1.86 bits per heavy atom. The molecule has 1 aliphatic heterocycles. The Labute approximate surface area is 135 Å². The molecule has 0 fully saturated rings. The van der Waals surface area contributed by atoms with Crippen molar-refractivity contribution in [3.05, 3.63) is 45.9 Å². The predicted molar refractivity (Wildman–Crippen MR) is 90.6 cm³/mol. The van der Waals surface area contributed by atoms with Crippen LogP contribution in [0.4, 0.5) is 16.4 Å². The van der Waals surface area contributed by atoms with E-state index in [2.05, 4.69) is 10.6 Å². The van der Waals surface area contributed by atoms with Gasteiger partial charge < -0.3 is 15.7 Å². The highest BCUT2D eigenvalue weighted by Gasteiger charge is 2.19. The minimum Gasteiger partial charge on any atom is -0.506 e. The molecule has 0 unspecified atom stereocenters. The van der Waals surface area contributed by atoms with Gasteiger partial charge in [0.1, 0.15) is 5.75 Å². The smallest absolute Gasteiger partial charge is 0.133 e. The van der Waals surface area contributed by atoms with Crippen LogP contribution in [0.2, 0.25) is 10.0 Å². The van der Waals surface area contributed by atoms with Gasteiger partial charge in [0.2, 0.25) is 0 Å². The van der Waals surface area contributed by atoms with Crippen molar-refractivity contribution in [2.75, 3.05) is 10.6 Å². The molecule has 3 nitrogen and oxygen atoms in total. The molecular formula is C15H10Cl2N2OS. The highest BCUT2D eigenvalue weighted by Crippen LogP contribution is 2.45. The van der Waals surface area contributed by atoms with Gasteiger partial charge in [-0.2, -0.15) is 0 Å². The van der Waals surface area contributed by atoms with E-state index >= 15 is 0 Å². The van der Waals surface area contributed by atoms with Crippen molar-refractivity contribution in [1.82, 2.24) is 0 Å². The molecule has 1 aliphatic rings. The fourth-order valence-electron chi connectivity index (χ4n) is 2.53. The Morgan fingerprint density at radius 1 is 1.10 bits per heavy atom. The Balaban J connectivity index is 1.91. The van der Waals surface area contributed by atoms with Crippen LogP contribution in [0.25, 0.3) is 10.1 Å². The van der Waals surface area contributed by atoms with Gasteiger partial charge in [0.05, 0.1) is 31.1 Å². The zero-order valence-corrected chi connectivity index (χ0v) is 13.0. The predicted octanol–water partition coefficient (Wildman–Crippen LogP) is 5.58. The van der Waals surface area contributed by atoms with Crippen LogP contribution in [0.15, 0.2) is 30.3 Å². The summed E-state index contributed by atoms with van der Waals surface area (Å²) in [6.07, 6.45) is 0. The van der Waals surface area contributed by atoms with Crippen molar-refractivity contribution in [2.24, 2.45) is 0 Å². The molecule has 0 aliphatic carbocycles. The molecule has 21 heavy (non-hydrogen) atoms. The SMILES string of the molecule is Oc1cccc2c3c(sc12)Nc1cc(Cl)c(Cl)cc1NC3. The van der Waals surface area contributed by atoms with Crippen LogP contribution in [0.1, 0.15) is 5.56 Å². The number of fused-ring (bicyclic) bond motifs is 4. The van der Waals surface area contributed by atoms with E-state index in [-0.39, 0.29) is 0 Å². The van der Waals surface area contributed by atoms with Crippen LogP contribution in [0, 0.1) is 0 Å². The second-order valence-electron chi connectivity index (χ2n) is 4.85. The molecule has 106 valence electrons. The van der Waals surface area contributed by atoms with E-state index in [0.717, 1.165) is 32.0 Å². The summed E-state index contributed by atoms with van der Waals surface area (Å²) in [4.78, 5) is 0. The van der Waals surface area contributed by atoms with E-state index in [1.54, 1.807) is 6.07 Å². The molecule has 3 aromatic rings. The number of hydrogen-bond donors (Lipinski definition) is 3. The number of anilines is 3. The summed E-state index contributed by atoms with van der Waals surface area (Å²) >= 11 is 13.7. The van der Waals surface area contributed by atoms with Crippen LogP contribution >= 0.6 is 34.5 Å². The summed E-state index contributed by atoms with van der Waals surface area (Å²) in [6.45, 7) is 0.663. The summed E-state index contributed by atoms with van der Waals surface area (Å²) in [5.74, 6) is 0.307. The monoisotopic (exact) mass is 336 g/mol. The summed E-state index contributed by atoms with van der Waals surface area (Å²) < 4.78 is 0.889. The third-order valence-electron chi connectivity index (χ3n) is 3.56. The fourth-order valence-corrected chi connectivity index (χ4v) is 4.01. The first-order valence-electron chi connectivity index (χ1n) is 6.37. The van der Waals surface area contributed by atoms with Gasteiger partial charge in [-0.05, 0) is 18.2 Å². The van der Waals surface area contributed by atoms with Crippen molar-refractivity contribution in [1.29, 1.82) is 0 Å². The first kappa shape index (κ1) is 13.1. The molecule has 0 saturated carbocycles. The maximum atomic E-state index is 9.99. The lowest BCUT2D eigenvalue weighted by Gasteiger charge is -2.10. The Kier molecular flexibility index (Phi) is 2.92. The standard InChI is InChI=1S/C15H10Cl2N2OS/c16-9-4-11-12(5-10(9)17)19-15-8(6-18-11)7-2-1-3-13(20)14(7)21-15/h1-5,18-20H,6H2. The number of benzene rings is 2. The molecular weight excluding hydrogens is 327 g/mol. The lowest BCUT2D eigenvalue weighted by atomic mass is 10.1. The minimum absolute atomic E-state index is 0.307. The number of rotatable bonds is 0.